The van der Waals surface area contributed by atoms with Gasteiger partial charge in [0.15, 0.2) is 0 Å². The topological polar surface area (TPSA) is 57.4 Å². The van der Waals surface area contributed by atoms with Crippen LogP contribution >= 0.6 is 15.9 Å². The molecule has 0 aliphatic heterocycles. The molecule has 0 fully saturated rings. The average Bonchev–Trinajstić information content (AvgIpc) is 2.52. The Morgan fingerprint density at radius 3 is 2.71 bits per heavy atom. The molecule has 2 unspecified atom stereocenters. The van der Waals surface area contributed by atoms with E-state index in [0.29, 0.717) is 5.75 Å². The second-order valence-electron chi connectivity index (χ2n) is 4.69. The average molecular weight is 351 g/mol. The van der Waals surface area contributed by atoms with E-state index in [2.05, 4.69) is 20.9 Å². The number of ether oxygens (including phenoxy) is 2. The predicted molar refractivity (Wildman–Crippen MR) is 86.6 cm³/mol. The van der Waals surface area contributed by atoms with Crippen LogP contribution in [0, 0.1) is 0 Å². The minimum absolute atomic E-state index is 0.139. The quantitative estimate of drug-likeness (QED) is 0.862. The van der Waals surface area contributed by atoms with E-state index in [1.165, 1.54) is 0 Å². The fourth-order valence-corrected chi connectivity index (χ4v) is 2.44. The number of rotatable bonds is 6. The van der Waals surface area contributed by atoms with E-state index in [1.807, 2.05) is 37.3 Å². The van der Waals surface area contributed by atoms with E-state index in [1.54, 1.807) is 19.5 Å². The molecule has 2 N–H and O–H groups in total. The monoisotopic (exact) mass is 350 g/mol. The lowest BCUT2D eigenvalue weighted by Crippen LogP contribution is -2.31. The van der Waals surface area contributed by atoms with Crippen LogP contribution < -0.4 is 15.2 Å². The molecule has 1 aromatic heterocycles. The summed E-state index contributed by atoms with van der Waals surface area (Å²) in [5.41, 5.74) is 7.19. The highest BCUT2D eigenvalue weighted by atomic mass is 79.9. The van der Waals surface area contributed by atoms with Gasteiger partial charge in [0.05, 0.1) is 13.3 Å². The number of nitrogens with zero attached hydrogens (tertiary/aromatic N) is 1. The van der Waals surface area contributed by atoms with Crippen molar-refractivity contribution in [3.8, 4) is 11.5 Å². The fourth-order valence-electron chi connectivity index (χ4n) is 2.10. The van der Waals surface area contributed by atoms with Gasteiger partial charge in [-0.1, -0.05) is 25.1 Å². The molecule has 4 nitrogen and oxygen atoms in total. The summed E-state index contributed by atoms with van der Waals surface area (Å²) in [5.74, 6) is 1.44. The molecule has 0 aliphatic carbocycles. The fraction of sp³-hybridized carbons (Fsp3) is 0.312. The maximum absolute atomic E-state index is 6.25. The highest BCUT2D eigenvalue weighted by Gasteiger charge is 2.24. The summed E-state index contributed by atoms with van der Waals surface area (Å²) in [6.07, 6.45) is 3.90. The third kappa shape index (κ3) is 3.95. The Morgan fingerprint density at radius 1 is 1.29 bits per heavy atom. The van der Waals surface area contributed by atoms with Crippen molar-refractivity contribution in [2.75, 3.05) is 7.11 Å². The Kier molecular flexibility index (Phi) is 5.59. The third-order valence-electron chi connectivity index (χ3n) is 3.25. The molecule has 0 bridgehead atoms. The van der Waals surface area contributed by atoms with Gasteiger partial charge in [-0.05, 0) is 34.5 Å². The molecule has 0 radical (unpaired) electrons. The number of nitrogens with two attached hydrogens (primary N) is 1. The van der Waals surface area contributed by atoms with Crippen molar-refractivity contribution in [1.29, 1.82) is 0 Å². The zero-order valence-electron chi connectivity index (χ0n) is 12.1. The zero-order valence-corrected chi connectivity index (χ0v) is 13.7. The second-order valence-corrected chi connectivity index (χ2v) is 5.61. The molecule has 2 rings (SSSR count). The van der Waals surface area contributed by atoms with Crippen molar-refractivity contribution in [3.05, 3.63) is 52.8 Å². The summed E-state index contributed by atoms with van der Waals surface area (Å²) in [6.45, 7) is 2.04. The number of methoxy groups -OCH3 is 1. The van der Waals surface area contributed by atoms with Crippen LogP contribution in [0.4, 0.5) is 0 Å². The van der Waals surface area contributed by atoms with E-state index in [0.717, 1.165) is 22.2 Å². The SMILES string of the molecule is CCC(N)C(Oc1cncc(Br)c1)c1ccccc1OC. The van der Waals surface area contributed by atoms with Gasteiger partial charge in [-0.2, -0.15) is 0 Å². The molecule has 5 heteroatoms. The molecule has 0 saturated heterocycles. The Labute approximate surface area is 133 Å². The van der Waals surface area contributed by atoms with Gasteiger partial charge in [0.2, 0.25) is 0 Å². The van der Waals surface area contributed by atoms with Crippen molar-refractivity contribution < 1.29 is 9.47 Å². The first-order valence-electron chi connectivity index (χ1n) is 6.81. The molecule has 1 heterocycles. The molecule has 2 aromatic rings. The van der Waals surface area contributed by atoms with Gasteiger partial charge in [-0.3, -0.25) is 4.98 Å². The van der Waals surface area contributed by atoms with Crippen LogP contribution in [0.25, 0.3) is 0 Å². The number of para-hydroxylation sites is 1. The Balaban J connectivity index is 2.34. The summed E-state index contributed by atoms with van der Waals surface area (Å²) >= 11 is 3.39. The van der Waals surface area contributed by atoms with Crippen molar-refractivity contribution >= 4 is 15.9 Å². The first-order chi connectivity index (χ1) is 10.2. The number of hydrogen-bond acceptors (Lipinski definition) is 4. The third-order valence-corrected chi connectivity index (χ3v) is 3.68. The van der Waals surface area contributed by atoms with Crippen LogP contribution in [0.2, 0.25) is 0 Å². The summed E-state index contributed by atoms with van der Waals surface area (Å²) in [7, 11) is 1.65. The number of pyridine rings is 1. The lowest BCUT2D eigenvalue weighted by Gasteiger charge is -2.26. The maximum atomic E-state index is 6.25. The van der Waals surface area contributed by atoms with Crippen LogP contribution in [0.3, 0.4) is 0 Å². The molecule has 1 aromatic carbocycles. The maximum Gasteiger partial charge on any atom is 0.142 e. The Bertz CT molecular complexity index is 592. The van der Waals surface area contributed by atoms with Gasteiger partial charge in [0.1, 0.15) is 17.6 Å². The first-order valence-corrected chi connectivity index (χ1v) is 7.60. The Morgan fingerprint density at radius 2 is 2.05 bits per heavy atom. The largest absolute Gasteiger partial charge is 0.496 e. The van der Waals surface area contributed by atoms with Gasteiger partial charge < -0.3 is 15.2 Å². The van der Waals surface area contributed by atoms with Crippen LogP contribution in [-0.2, 0) is 0 Å². The normalized spacial score (nSPS) is 13.5. The first kappa shape index (κ1) is 15.8. The number of aromatic nitrogens is 1. The molecule has 2 atom stereocenters. The summed E-state index contributed by atoms with van der Waals surface area (Å²) in [6, 6.07) is 9.50. The predicted octanol–water partition coefficient (Wildman–Crippen LogP) is 3.71. The highest BCUT2D eigenvalue weighted by molar-refractivity contribution is 9.10. The minimum Gasteiger partial charge on any atom is -0.496 e. The number of hydrogen-bond donors (Lipinski definition) is 1. The van der Waals surface area contributed by atoms with Gasteiger partial charge in [-0.15, -0.1) is 0 Å². The van der Waals surface area contributed by atoms with Crippen LogP contribution in [0.1, 0.15) is 25.0 Å². The zero-order chi connectivity index (χ0) is 15.2. The van der Waals surface area contributed by atoms with Gasteiger partial charge >= 0.3 is 0 Å². The minimum atomic E-state index is -0.290. The molecule has 0 amide bonds. The van der Waals surface area contributed by atoms with E-state index in [9.17, 15) is 0 Å². The molecule has 21 heavy (non-hydrogen) atoms. The lowest BCUT2D eigenvalue weighted by atomic mass is 10.00. The standard InChI is InChI=1S/C16H19BrN2O2/c1-3-14(18)16(13-6-4-5-7-15(13)20-2)21-12-8-11(17)9-19-10-12/h4-10,14,16H,3,18H2,1-2H3. The van der Waals surface area contributed by atoms with Gasteiger partial charge in [-0.25, -0.2) is 0 Å². The van der Waals surface area contributed by atoms with E-state index in [-0.39, 0.29) is 12.1 Å². The lowest BCUT2D eigenvalue weighted by molar-refractivity contribution is 0.166. The number of benzene rings is 1. The summed E-state index contributed by atoms with van der Waals surface area (Å²) in [4.78, 5) is 4.11. The van der Waals surface area contributed by atoms with Gasteiger partial charge in [0, 0.05) is 22.3 Å². The van der Waals surface area contributed by atoms with E-state index < -0.39 is 0 Å². The molecule has 0 spiro atoms. The van der Waals surface area contributed by atoms with Crippen molar-refractivity contribution in [2.45, 2.75) is 25.5 Å². The van der Waals surface area contributed by atoms with Crippen LogP contribution in [0.15, 0.2) is 47.2 Å². The van der Waals surface area contributed by atoms with Crippen molar-refractivity contribution in [2.24, 2.45) is 5.73 Å². The van der Waals surface area contributed by atoms with E-state index in [4.69, 9.17) is 15.2 Å². The van der Waals surface area contributed by atoms with Crippen molar-refractivity contribution in [3.63, 3.8) is 0 Å². The van der Waals surface area contributed by atoms with Crippen molar-refractivity contribution in [1.82, 2.24) is 4.98 Å². The summed E-state index contributed by atoms with van der Waals surface area (Å²) < 4.78 is 12.4. The molecular formula is C16H19BrN2O2. The van der Waals surface area contributed by atoms with Crippen LogP contribution in [-0.4, -0.2) is 18.1 Å². The molecular weight excluding hydrogens is 332 g/mol. The highest BCUT2D eigenvalue weighted by Crippen LogP contribution is 2.32. The smallest absolute Gasteiger partial charge is 0.142 e. The van der Waals surface area contributed by atoms with Gasteiger partial charge in [0.25, 0.3) is 0 Å². The number of halogens is 1. The molecule has 0 saturated carbocycles. The van der Waals surface area contributed by atoms with Crippen LogP contribution in [0.5, 0.6) is 11.5 Å². The summed E-state index contributed by atoms with van der Waals surface area (Å²) in [5, 5.41) is 0. The molecule has 0 aliphatic rings. The van der Waals surface area contributed by atoms with E-state index >= 15 is 0 Å². The molecule has 112 valence electrons. The second kappa shape index (κ2) is 7.43. The Hall–Kier alpha value is -1.59.